The zero-order valence-electron chi connectivity index (χ0n) is 18.6. The summed E-state index contributed by atoms with van der Waals surface area (Å²) in [5.41, 5.74) is 9.27. The molecule has 2 aromatic heterocycles. The van der Waals surface area contributed by atoms with Crippen molar-refractivity contribution in [3.05, 3.63) is 42.2 Å². The van der Waals surface area contributed by atoms with E-state index in [4.69, 9.17) is 10.7 Å². The number of carbonyl (C=O) groups is 1. The molecule has 0 aromatic carbocycles. The molecule has 2 aromatic rings. The standard InChI is InChI=1S/C25H35N5O.CH4/c1-18(31)30-13-3-4-20(17-30)16-28-25-6-2-5-24(29-25)21-11-12-27-23(15-21)14-19-7-9-22(26)10-8-19;/h2,5-6,11-12,15,19-20,22H,3-4,7-10,13-14,16-17,26H2,1H3,(H,28,29);1H4/t19?,20-,22?;/m1./s1. The number of hydrogen-bond donors (Lipinski definition) is 2. The van der Waals surface area contributed by atoms with E-state index in [0.717, 1.165) is 74.5 Å². The van der Waals surface area contributed by atoms with Crippen LogP contribution in [0.15, 0.2) is 36.5 Å². The molecular weight excluding hydrogens is 398 g/mol. The Labute approximate surface area is 193 Å². The van der Waals surface area contributed by atoms with Gasteiger partial charge in [0.15, 0.2) is 0 Å². The average molecular weight is 438 g/mol. The van der Waals surface area contributed by atoms with Gasteiger partial charge in [0.25, 0.3) is 0 Å². The Bertz CT molecular complexity index is 878. The van der Waals surface area contributed by atoms with Gasteiger partial charge in [-0.2, -0.15) is 0 Å². The number of nitrogens with zero attached hydrogens (tertiary/aromatic N) is 3. The van der Waals surface area contributed by atoms with Crippen LogP contribution in [-0.4, -0.2) is 46.5 Å². The molecule has 1 saturated carbocycles. The van der Waals surface area contributed by atoms with Gasteiger partial charge in [-0.25, -0.2) is 4.98 Å². The van der Waals surface area contributed by atoms with Gasteiger partial charge in [-0.05, 0) is 81.0 Å². The first-order chi connectivity index (χ1) is 15.1. The van der Waals surface area contributed by atoms with E-state index in [0.29, 0.717) is 17.9 Å². The van der Waals surface area contributed by atoms with Gasteiger partial charge in [0, 0.05) is 50.1 Å². The van der Waals surface area contributed by atoms with E-state index < -0.39 is 0 Å². The van der Waals surface area contributed by atoms with Crippen molar-refractivity contribution in [3.8, 4) is 11.3 Å². The second kappa shape index (κ2) is 11.4. The van der Waals surface area contributed by atoms with E-state index in [1.54, 1.807) is 6.92 Å². The van der Waals surface area contributed by atoms with E-state index >= 15 is 0 Å². The molecule has 6 heteroatoms. The number of nitrogens with one attached hydrogen (secondary N) is 1. The molecule has 4 rings (SSSR count). The smallest absolute Gasteiger partial charge is 0.219 e. The number of nitrogens with two attached hydrogens (primary N) is 1. The fourth-order valence-electron chi connectivity index (χ4n) is 4.90. The van der Waals surface area contributed by atoms with Crippen LogP contribution in [0.2, 0.25) is 0 Å². The summed E-state index contributed by atoms with van der Waals surface area (Å²) in [6.45, 7) is 4.22. The summed E-state index contributed by atoms with van der Waals surface area (Å²) in [7, 11) is 0. The van der Waals surface area contributed by atoms with Crippen LogP contribution < -0.4 is 11.1 Å². The summed E-state index contributed by atoms with van der Waals surface area (Å²) < 4.78 is 0. The highest BCUT2D eigenvalue weighted by Crippen LogP contribution is 2.27. The number of pyridine rings is 2. The first kappa shape index (κ1) is 24.2. The lowest BCUT2D eigenvalue weighted by Gasteiger charge is -2.32. The topological polar surface area (TPSA) is 84.1 Å². The molecule has 6 nitrogen and oxygen atoms in total. The molecule has 0 spiro atoms. The molecule has 2 aliphatic rings. The van der Waals surface area contributed by atoms with E-state index in [9.17, 15) is 4.79 Å². The number of anilines is 1. The molecular formula is C26H39N5O. The molecule has 2 fully saturated rings. The third kappa shape index (κ3) is 6.52. The third-order valence-electron chi connectivity index (χ3n) is 6.79. The zero-order chi connectivity index (χ0) is 21.6. The molecule has 3 N–H and O–H groups in total. The van der Waals surface area contributed by atoms with Crippen LogP contribution in [0.3, 0.4) is 0 Å². The van der Waals surface area contributed by atoms with Crippen LogP contribution in [0.1, 0.15) is 58.6 Å². The van der Waals surface area contributed by atoms with Crippen molar-refractivity contribution in [3.63, 3.8) is 0 Å². The Balaban J connectivity index is 0.00000289. The lowest BCUT2D eigenvalue weighted by atomic mass is 9.83. The largest absolute Gasteiger partial charge is 0.370 e. The normalized spacial score (nSPS) is 23.3. The Morgan fingerprint density at radius 1 is 1.16 bits per heavy atom. The van der Waals surface area contributed by atoms with Crippen molar-refractivity contribution in [2.75, 3.05) is 25.0 Å². The monoisotopic (exact) mass is 437 g/mol. The highest BCUT2D eigenvalue weighted by Gasteiger charge is 2.22. The fraction of sp³-hybridized carbons (Fsp3) is 0.577. The molecule has 32 heavy (non-hydrogen) atoms. The van der Waals surface area contributed by atoms with Crippen LogP contribution in [0, 0.1) is 11.8 Å². The molecule has 174 valence electrons. The number of hydrogen-bond acceptors (Lipinski definition) is 5. The first-order valence-corrected chi connectivity index (χ1v) is 11.7. The molecule has 1 saturated heterocycles. The minimum atomic E-state index is 0. The molecule has 0 unspecified atom stereocenters. The summed E-state index contributed by atoms with van der Waals surface area (Å²) in [6, 6.07) is 10.7. The summed E-state index contributed by atoms with van der Waals surface area (Å²) in [5, 5.41) is 3.49. The second-order valence-corrected chi connectivity index (χ2v) is 9.28. The van der Waals surface area contributed by atoms with Crippen LogP contribution in [0.4, 0.5) is 5.82 Å². The molecule has 0 bridgehead atoms. The van der Waals surface area contributed by atoms with Gasteiger partial charge in [0.2, 0.25) is 5.91 Å². The van der Waals surface area contributed by atoms with Crippen molar-refractivity contribution in [1.29, 1.82) is 0 Å². The summed E-state index contributed by atoms with van der Waals surface area (Å²) in [4.78, 5) is 23.1. The Hall–Kier alpha value is -2.47. The van der Waals surface area contributed by atoms with Crippen molar-refractivity contribution < 1.29 is 4.79 Å². The van der Waals surface area contributed by atoms with Crippen molar-refractivity contribution >= 4 is 11.7 Å². The van der Waals surface area contributed by atoms with Gasteiger partial charge >= 0.3 is 0 Å². The molecule has 1 aliphatic carbocycles. The molecule has 0 radical (unpaired) electrons. The van der Waals surface area contributed by atoms with Gasteiger partial charge in [0.1, 0.15) is 5.82 Å². The molecule has 1 aliphatic heterocycles. The van der Waals surface area contributed by atoms with E-state index in [2.05, 4.69) is 28.5 Å². The van der Waals surface area contributed by atoms with Crippen molar-refractivity contribution in [1.82, 2.24) is 14.9 Å². The fourth-order valence-corrected chi connectivity index (χ4v) is 4.90. The van der Waals surface area contributed by atoms with Crippen LogP contribution in [-0.2, 0) is 11.2 Å². The predicted octanol–water partition coefficient (Wildman–Crippen LogP) is 4.51. The minimum Gasteiger partial charge on any atom is -0.370 e. The first-order valence-electron chi connectivity index (χ1n) is 11.7. The quantitative estimate of drug-likeness (QED) is 0.695. The lowest BCUT2D eigenvalue weighted by molar-refractivity contribution is -0.130. The highest BCUT2D eigenvalue weighted by molar-refractivity contribution is 5.73. The number of piperidine rings is 1. The van der Waals surface area contributed by atoms with E-state index in [1.807, 2.05) is 23.2 Å². The SMILES string of the molecule is C.CC(=O)N1CCC[C@H](CNc2cccc(-c3ccnc(CC4CCC(N)CC4)c3)n2)C1. The van der Waals surface area contributed by atoms with Crippen LogP contribution >= 0.6 is 0 Å². The van der Waals surface area contributed by atoms with E-state index in [-0.39, 0.29) is 13.3 Å². The minimum absolute atomic E-state index is 0. The highest BCUT2D eigenvalue weighted by atomic mass is 16.2. The number of carbonyl (C=O) groups excluding carboxylic acids is 1. The number of amides is 1. The summed E-state index contributed by atoms with van der Waals surface area (Å²) >= 11 is 0. The van der Waals surface area contributed by atoms with Gasteiger partial charge in [-0.15, -0.1) is 0 Å². The maximum Gasteiger partial charge on any atom is 0.219 e. The van der Waals surface area contributed by atoms with Gasteiger partial charge in [-0.3, -0.25) is 9.78 Å². The second-order valence-electron chi connectivity index (χ2n) is 9.28. The average Bonchev–Trinajstić information content (AvgIpc) is 2.80. The summed E-state index contributed by atoms with van der Waals surface area (Å²) in [6.07, 6.45) is 9.81. The summed E-state index contributed by atoms with van der Waals surface area (Å²) in [5.74, 6) is 2.22. The predicted molar refractivity (Wildman–Crippen MR) is 131 cm³/mol. The maximum absolute atomic E-state index is 11.7. The number of rotatable bonds is 6. The van der Waals surface area contributed by atoms with Crippen molar-refractivity contribution in [2.45, 2.75) is 65.3 Å². The molecule has 3 heterocycles. The van der Waals surface area contributed by atoms with Gasteiger partial charge in [0.05, 0.1) is 5.69 Å². The van der Waals surface area contributed by atoms with Gasteiger partial charge < -0.3 is 16.0 Å². The number of aromatic nitrogens is 2. The van der Waals surface area contributed by atoms with E-state index in [1.165, 1.54) is 12.8 Å². The van der Waals surface area contributed by atoms with Crippen LogP contribution in [0.25, 0.3) is 11.3 Å². The lowest BCUT2D eigenvalue weighted by Crippen LogP contribution is -2.40. The molecule has 1 amide bonds. The molecule has 1 atom stereocenters. The Morgan fingerprint density at radius 3 is 2.75 bits per heavy atom. The van der Waals surface area contributed by atoms with Gasteiger partial charge in [-0.1, -0.05) is 13.5 Å². The zero-order valence-corrected chi connectivity index (χ0v) is 18.6. The Morgan fingerprint density at radius 2 is 1.97 bits per heavy atom. The third-order valence-corrected chi connectivity index (χ3v) is 6.79. The maximum atomic E-state index is 11.7. The van der Waals surface area contributed by atoms with Crippen molar-refractivity contribution in [2.24, 2.45) is 17.6 Å². The van der Waals surface area contributed by atoms with Crippen LogP contribution in [0.5, 0.6) is 0 Å². The number of likely N-dealkylation sites (tertiary alicyclic amines) is 1. The Kier molecular flexibility index (Phi) is 8.62.